The zero-order chi connectivity index (χ0) is 13.0. The van der Waals surface area contributed by atoms with E-state index in [9.17, 15) is 0 Å². The quantitative estimate of drug-likeness (QED) is 0.563. The summed E-state index contributed by atoms with van der Waals surface area (Å²) in [5, 5.41) is 0. The van der Waals surface area contributed by atoms with Crippen LogP contribution in [0.5, 0.6) is 0 Å². The molecular formula is C14H28N2O2. The first kappa shape index (κ1) is 14.3. The number of nitrogens with one attached hydrogen (secondary N) is 1. The molecule has 1 aliphatic heterocycles. The number of hydrogen-bond donors (Lipinski definition) is 2. The number of rotatable bonds is 6. The fourth-order valence-electron chi connectivity index (χ4n) is 3.53. The lowest BCUT2D eigenvalue weighted by atomic mass is 9.70. The SMILES string of the molecule is CCOC(CC)C(NN)C1CCOC2(CCC2)C1. The Morgan fingerprint density at radius 3 is 2.72 bits per heavy atom. The highest BCUT2D eigenvalue weighted by Crippen LogP contribution is 2.45. The van der Waals surface area contributed by atoms with E-state index < -0.39 is 0 Å². The van der Waals surface area contributed by atoms with Gasteiger partial charge in [0.25, 0.3) is 0 Å². The molecule has 4 nitrogen and oxygen atoms in total. The minimum absolute atomic E-state index is 0.183. The van der Waals surface area contributed by atoms with Gasteiger partial charge in [0.05, 0.1) is 17.7 Å². The van der Waals surface area contributed by atoms with Crippen LogP contribution in [-0.2, 0) is 9.47 Å². The van der Waals surface area contributed by atoms with Crippen molar-refractivity contribution in [2.75, 3.05) is 13.2 Å². The zero-order valence-corrected chi connectivity index (χ0v) is 11.8. The lowest BCUT2D eigenvalue weighted by Gasteiger charge is -2.49. The zero-order valence-electron chi connectivity index (χ0n) is 11.8. The Labute approximate surface area is 111 Å². The molecule has 1 spiro atoms. The first-order chi connectivity index (χ1) is 8.74. The average Bonchev–Trinajstić information content (AvgIpc) is 2.37. The van der Waals surface area contributed by atoms with E-state index in [1.54, 1.807) is 0 Å². The predicted octanol–water partition coefficient (Wildman–Crippen LogP) is 1.98. The van der Waals surface area contributed by atoms with Crippen LogP contribution >= 0.6 is 0 Å². The van der Waals surface area contributed by atoms with Crippen LogP contribution in [0, 0.1) is 5.92 Å². The van der Waals surface area contributed by atoms with Gasteiger partial charge in [0.1, 0.15) is 0 Å². The third-order valence-electron chi connectivity index (χ3n) is 4.68. The monoisotopic (exact) mass is 256 g/mol. The van der Waals surface area contributed by atoms with Crippen LogP contribution in [0.3, 0.4) is 0 Å². The van der Waals surface area contributed by atoms with Crippen molar-refractivity contribution in [3.05, 3.63) is 0 Å². The molecule has 0 aromatic heterocycles. The summed E-state index contributed by atoms with van der Waals surface area (Å²) < 4.78 is 11.8. The van der Waals surface area contributed by atoms with Gasteiger partial charge in [-0.25, -0.2) is 0 Å². The molecule has 4 heteroatoms. The van der Waals surface area contributed by atoms with Crippen molar-refractivity contribution in [1.82, 2.24) is 5.43 Å². The van der Waals surface area contributed by atoms with Gasteiger partial charge in [0, 0.05) is 13.2 Å². The Hall–Kier alpha value is -0.160. The van der Waals surface area contributed by atoms with Crippen molar-refractivity contribution >= 4 is 0 Å². The van der Waals surface area contributed by atoms with Crippen molar-refractivity contribution in [3.8, 4) is 0 Å². The molecule has 18 heavy (non-hydrogen) atoms. The number of nitrogens with two attached hydrogens (primary N) is 1. The van der Waals surface area contributed by atoms with Gasteiger partial charge < -0.3 is 9.47 Å². The molecule has 1 heterocycles. The smallest absolute Gasteiger partial charge is 0.0741 e. The molecule has 1 saturated heterocycles. The minimum atomic E-state index is 0.183. The van der Waals surface area contributed by atoms with Crippen LogP contribution in [0.25, 0.3) is 0 Å². The van der Waals surface area contributed by atoms with E-state index in [1.807, 2.05) is 6.92 Å². The number of ether oxygens (including phenoxy) is 2. The average molecular weight is 256 g/mol. The van der Waals surface area contributed by atoms with Gasteiger partial charge in [-0.3, -0.25) is 11.3 Å². The molecular weight excluding hydrogens is 228 g/mol. The molecule has 1 saturated carbocycles. The molecule has 0 aromatic rings. The van der Waals surface area contributed by atoms with E-state index in [0.29, 0.717) is 5.92 Å². The van der Waals surface area contributed by atoms with Crippen molar-refractivity contribution in [2.24, 2.45) is 11.8 Å². The Morgan fingerprint density at radius 2 is 2.22 bits per heavy atom. The normalized spacial score (nSPS) is 29.8. The molecule has 0 radical (unpaired) electrons. The van der Waals surface area contributed by atoms with Crippen molar-refractivity contribution in [2.45, 2.75) is 70.1 Å². The van der Waals surface area contributed by atoms with Crippen molar-refractivity contribution < 1.29 is 9.47 Å². The Morgan fingerprint density at radius 1 is 1.44 bits per heavy atom. The largest absolute Gasteiger partial charge is 0.377 e. The van der Waals surface area contributed by atoms with Crippen LogP contribution in [0.4, 0.5) is 0 Å². The van der Waals surface area contributed by atoms with Gasteiger partial charge >= 0.3 is 0 Å². The summed E-state index contributed by atoms with van der Waals surface area (Å²) in [6.45, 7) is 5.85. The van der Waals surface area contributed by atoms with Crippen molar-refractivity contribution in [1.29, 1.82) is 0 Å². The Bertz CT molecular complexity index is 256. The summed E-state index contributed by atoms with van der Waals surface area (Å²) in [5.74, 6) is 6.37. The fraction of sp³-hybridized carbons (Fsp3) is 1.00. The van der Waals surface area contributed by atoms with Gasteiger partial charge in [-0.05, 0) is 51.4 Å². The van der Waals surface area contributed by atoms with Gasteiger partial charge in [0.2, 0.25) is 0 Å². The van der Waals surface area contributed by atoms with E-state index >= 15 is 0 Å². The van der Waals surface area contributed by atoms with E-state index in [2.05, 4.69) is 12.3 Å². The first-order valence-electron chi connectivity index (χ1n) is 7.46. The van der Waals surface area contributed by atoms with Crippen LogP contribution < -0.4 is 11.3 Å². The molecule has 2 rings (SSSR count). The first-order valence-corrected chi connectivity index (χ1v) is 7.46. The van der Waals surface area contributed by atoms with Crippen molar-refractivity contribution in [3.63, 3.8) is 0 Å². The summed E-state index contributed by atoms with van der Waals surface area (Å²) in [5.41, 5.74) is 3.20. The second-order valence-electron chi connectivity index (χ2n) is 5.73. The second kappa shape index (κ2) is 6.33. The highest BCUT2D eigenvalue weighted by atomic mass is 16.5. The molecule has 3 unspecified atom stereocenters. The lowest BCUT2D eigenvalue weighted by Crippen LogP contribution is -2.55. The van der Waals surface area contributed by atoms with E-state index in [0.717, 1.165) is 32.5 Å². The third kappa shape index (κ3) is 2.87. The molecule has 2 fully saturated rings. The highest BCUT2D eigenvalue weighted by molar-refractivity contribution is 4.97. The number of hydrazine groups is 1. The third-order valence-corrected chi connectivity index (χ3v) is 4.68. The van der Waals surface area contributed by atoms with E-state index in [1.165, 1.54) is 19.3 Å². The van der Waals surface area contributed by atoms with Crippen LogP contribution in [0.2, 0.25) is 0 Å². The standard InChI is InChI=1S/C14H28N2O2/c1-3-12(17-4-2)13(16-15)11-6-9-18-14(10-11)7-5-8-14/h11-13,16H,3-10,15H2,1-2H3. The lowest BCUT2D eigenvalue weighted by molar-refractivity contribution is -0.153. The second-order valence-corrected chi connectivity index (χ2v) is 5.73. The maximum atomic E-state index is 5.99. The molecule has 3 N–H and O–H groups in total. The highest BCUT2D eigenvalue weighted by Gasteiger charge is 2.45. The number of hydrogen-bond acceptors (Lipinski definition) is 4. The summed E-state index contributed by atoms with van der Waals surface area (Å²) in [6, 6.07) is 0.260. The maximum Gasteiger partial charge on any atom is 0.0741 e. The van der Waals surface area contributed by atoms with Crippen LogP contribution in [0.15, 0.2) is 0 Å². The topological polar surface area (TPSA) is 56.5 Å². The van der Waals surface area contributed by atoms with Gasteiger partial charge in [0.15, 0.2) is 0 Å². The molecule has 0 bridgehead atoms. The fourth-order valence-corrected chi connectivity index (χ4v) is 3.53. The molecule has 2 aliphatic rings. The minimum Gasteiger partial charge on any atom is -0.377 e. The molecule has 0 aromatic carbocycles. The summed E-state index contributed by atoms with van der Waals surface area (Å²) >= 11 is 0. The summed E-state index contributed by atoms with van der Waals surface area (Å²) in [7, 11) is 0. The molecule has 106 valence electrons. The molecule has 3 atom stereocenters. The van der Waals surface area contributed by atoms with E-state index in [4.69, 9.17) is 15.3 Å². The van der Waals surface area contributed by atoms with Gasteiger partial charge in [-0.15, -0.1) is 0 Å². The summed E-state index contributed by atoms with van der Waals surface area (Å²) in [4.78, 5) is 0. The van der Waals surface area contributed by atoms with Crippen LogP contribution in [0.1, 0.15) is 52.4 Å². The van der Waals surface area contributed by atoms with E-state index in [-0.39, 0.29) is 17.7 Å². The van der Waals surface area contributed by atoms with Gasteiger partial charge in [-0.2, -0.15) is 0 Å². The van der Waals surface area contributed by atoms with Gasteiger partial charge in [-0.1, -0.05) is 6.92 Å². The predicted molar refractivity (Wildman–Crippen MR) is 72.1 cm³/mol. The van der Waals surface area contributed by atoms with Crippen LogP contribution in [-0.4, -0.2) is 31.0 Å². The maximum absolute atomic E-state index is 5.99. The Kier molecular flexibility index (Phi) is 5.01. The summed E-state index contributed by atoms with van der Waals surface area (Å²) in [6.07, 6.45) is 7.24. The molecule has 1 aliphatic carbocycles. The molecule has 0 amide bonds. The Balaban J connectivity index is 1.97.